The lowest BCUT2D eigenvalue weighted by atomic mass is 9.89. The van der Waals surface area contributed by atoms with Gasteiger partial charge in [0, 0.05) is 5.57 Å². The largest absolute Gasteiger partial charge is 0.395 e. The Morgan fingerprint density at radius 3 is 1.82 bits per heavy atom. The molecule has 0 heterocycles. The first-order chi connectivity index (χ1) is 7.59. The maximum atomic E-state index is 13.1. The summed E-state index contributed by atoms with van der Waals surface area (Å²) < 4.78 is 101. The van der Waals surface area contributed by atoms with E-state index in [0.29, 0.717) is 6.92 Å². The first-order valence-corrected chi connectivity index (χ1v) is 4.39. The summed E-state index contributed by atoms with van der Waals surface area (Å²) >= 11 is 0. The van der Waals surface area contributed by atoms with Crippen molar-refractivity contribution in [2.45, 2.75) is 25.4 Å². The van der Waals surface area contributed by atoms with Crippen LogP contribution in [0.3, 0.4) is 0 Å². The van der Waals surface area contributed by atoms with Crippen molar-refractivity contribution in [3.8, 4) is 0 Å². The van der Waals surface area contributed by atoms with Gasteiger partial charge in [0.1, 0.15) is 0 Å². The van der Waals surface area contributed by atoms with Gasteiger partial charge >= 0.3 is 6.18 Å². The molecule has 0 radical (unpaired) electrons. The van der Waals surface area contributed by atoms with E-state index in [1.807, 2.05) is 0 Å². The molecule has 98 valence electrons. The van der Waals surface area contributed by atoms with Gasteiger partial charge in [0.05, 0.1) is 5.92 Å². The Labute approximate surface area is 90.6 Å². The summed E-state index contributed by atoms with van der Waals surface area (Å²) in [5.74, 6) is -9.85. The summed E-state index contributed by atoms with van der Waals surface area (Å²) in [6.07, 6.45) is -11.5. The molecule has 0 saturated heterocycles. The number of hydrogen-bond acceptors (Lipinski definition) is 0. The van der Waals surface area contributed by atoms with Crippen molar-refractivity contribution in [3.05, 3.63) is 23.1 Å². The van der Waals surface area contributed by atoms with Gasteiger partial charge < -0.3 is 0 Å². The van der Waals surface area contributed by atoms with Gasteiger partial charge in [-0.3, -0.25) is 0 Å². The molecule has 0 spiro atoms. The highest BCUT2D eigenvalue weighted by Crippen LogP contribution is 2.44. The minimum atomic E-state index is -5.08. The summed E-state index contributed by atoms with van der Waals surface area (Å²) in [6, 6.07) is 0. The first kappa shape index (κ1) is 14.0. The average molecular weight is 266 g/mol. The molecule has 3 unspecified atom stereocenters. The lowest BCUT2D eigenvalue weighted by molar-refractivity contribution is -0.162. The Bertz CT molecular complexity index is 377. The van der Waals surface area contributed by atoms with Gasteiger partial charge in [-0.25, -0.2) is 22.0 Å². The lowest BCUT2D eigenvalue weighted by Crippen LogP contribution is -2.34. The van der Waals surface area contributed by atoms with Crippen LogP contribution in [0, 0.1) is 5.92 Å². The average Bonchev–Trinajstić information content (AvgIpc) is 2.22. The molecule has 0 fully saturated rings. The number of rotatable bonds is 1. The van der Waals surface area contributed by atoms with Crippen LogP contribution < -0.4 is 0 Å². The molecule has 0 amide bonds. The lowest BCUT2D eigenvalue weighted by Gasteiger charge is -2.26. The zero-order valence-electron chi connectivity index (χ0n) is 8.26. The molecular weight excluding hydrogens is 260 g/mol. The van der Waals surface area contributed by atoms with Crippen LogP contribution in [0.1, 0.15) is 6.92 Å². The minimum Gasteiger partial charge on any atom is -0.239 e. The smallest absolute Gasteiger partial charge is 0.239 e. The summed E-state index contributed by atoms with van der Waals surface area (Å²) in [6.45, 7) is 0.338. The fourth-order valence-electron chi connectivity index (χ4n) is 1.37. The molecule has 1 aliphatic carbocycles. The van der Waals surface area contributed by atoms with Crippen LogP contribution in [0.2, 0.25) is 0 Å². The summed E-state index contributed by atoms with van der Waals surface area (Å²) in [5, 5.41) is 0. The van der Waals surface area contributed by atoms with Crippen molar-refractivity contribution in [1.29, 1.82) is 0 Å². The highest BCUT2D eigenvalue weighted by molar-refractivity contribution is 5.39. The molecule has 0 nitrogen and oxygen atoms in total. The van der Waals surface area contributed by atoms with Crippen molar-refractivity contribution in [2.75, 3.05) is 0 Å². The van der Waals surface area contributed by atoms with E-state index in [0.717, 1.165) is 0 Å². The molecule has 3 atom stereocenters. The number of alkyl halides is 5. The Morgan fingerprint density at radius 1 is 0.941 bits per heavy atom. The SMILES string of the molecule is CC(C1=C(F)C(F)=C(F)C(F)C1F)C(F)(F)F. The molecule has 17 heavy (non-hydrogen) atoms. The zero-order chi connectivity index (χ0) is 13.5. The second-order valence-corrected chi connectivity index (χ2v) is 3.50. The summed E-state index contributed by atoms with van der Waals surface area (Å²) in [7, 11) is 0. The Kier molecular flexibility index (Phi) is 3.54. The second-order valence-electron chi connectivity index (χ2n) is 3.50. The normalized spacial score (nSPS) is 28.8. The third-order valence-corrected chi connectivity index (χ3v) is 2.41. The molecule has 0 aromatic rings. The van der Waals surface area contributed by atoms with Crippen LogP contribution >= 0.6 is 0 Å². The first-order valence-electron chi connectivity index (χ1n) is 4.39. The highest BCUT2D eigenvalue weighted by Gasteiger charge is 2.49. The molecule has 0 aliphatic heterocycles. The Morgan fingerprint density at radius 2 is 1.41 bits per heavy atom. The van der Waals surface area contributed by atoms with Crippen LogP contribution in [0.15, 0.2) is 23.1 Å². The molecule has 0 aromatic carbocycles. The molecule has 8 heteroatoms. The van der Waals surface area contributed by atoms with Gasteiger partial charge in [-0.2, -0.15) is 13.2 Å². The van der Waals surface area contributed by atoms with Crippen molar-refractivity contribution >= 4 is 0 Å². The number of allylic oxidation sites excluding steroid dienone is 4. The van der Waals surface area contributed by atoms with Crippen molar-refractivity contribution < 1.29 is 35.1 Å². The third kappa shape index (κ3) is 2.30. The van der Waals surface area contributed by atoms with E-state index < -0.39 is 47.5 Å². The van der Waals surface area contributed by atoms with Crippen LogP contribution in [0.25, 0.3) is 0 Å². The fourth-order valence-corrected chi connectivity index (χ4v) is 1.37. The summed E-state index contributed by atoms with van der Waals surface area (Å²) in [5.41, 5.74) is -1.76. The molecule has 0 saturated carbocycles. The van der Waals surface area contributed by atoms with Gasteiger partial charge in [-0.15, -0.1) is 0 Å². The minimum absolute atomic E-state index is 0.338. The van der Waals surface area contributed by atoms with Crippen LogP contribution in [0.5, 0.6) is 0 Å². The number of halogens is 8. The predicted octanol–water partition coefficient (Wildman–Crippen LogP) is 4.25. The van der Waals surface area contributed by atoms with E-state index in [4.69, 9.17) is 0 Å². The number of hydrogen-bond donors (Lipinski definition) is 0. The zero-order valence-corrected chi connectivity index (χ0v) is 8.26. The van der Waals surface area contributed by atoms with Crippen LogP contribution in [-0.2, 0) is 0 Å². The Balaban J connectivity index is 3.30. The fraction of sp³-hybridized carbons (Fsp3) is 0.556. The Hall–Kier alpha value is -1.08. The molecule has 0 aromatic heterocycles. The van der Waals surface area contributed by atoms with Crippen molar-refractivity contribution in [3.63, 3.8) is 0 Å². The van der Waals surface area contributed by atoms with E-state index >= 15 is 0 Å². The molecular formula is C9H6F8. The van der Waals surface area contributed by atoms with Crippen molar-refractivity contribution in [2.24, 2.45) is 5.92 Å². The van der Waals surface area contributed by atoms with E-state index in [9.17, 15) is 35.1 Å². The van der Waals surface area contributed by atoms with Crippen molar-refractivity contribution in [1.82, 2.24) is 0 Å². The van der Waals surface area contributed by atoms with E-state index in [1.165, 1.54) is 0 Å². The predicted molar refractivity (Wildman–Crippen MR) is 42.4 cm³/mol. The monoisotopic (exact) mass is 266 g/mol. The van der Waals surface area contributed by atoms with Crippen LogP contribution in [-0.4, -0.2) is 18.5 Å². The van der Waals surface area contributed by atoms with Gasteiger partial charge in [0.15, 0.2) is 29.8 Å². The van der Waals surface area contributed by atoms with Crippen LogP contribution in [0.4, 0.5) is 35.1 Å². The highest BCUT2D eigenvalue weighted by atomic mass is 19.4. The molecule has 0 bridgehead atoms. The maximum Gasteiger partial charge on any atom is 0.395 e. The second kappa shape index (κ2) is 4.30. The maximum absolute atomic E-state index is 13.1. The van der Waals surface area contributed by atoms with E-state index in [1.54, 1.807) is 0 Å². The molecule has 1 aliphatic rings. The molecule has 0 N–H and O–H groups in total. The van der Waals surface area contributed by atoms with Gasteiger partial charge in [-0.05, 0) is 6.92 Å². The van der Waals surface area contributed by atoms with Gasteiger partial charge in [0.25, 0.3) is 0 Å². The van der Waals surface area contributed by atoms with E-state index in [2.05, 4.69) is 0 Å². The molecule has 1 rings (SSSR count). The summed E-state index contributed by atoms with van der Waals surface area (Å²) in [4.78, 5) is 0. The topological polar surface area (TPSA) is 0 Å². The van der Waals surface area contributed by atoms with Gasteiger partial charge in [-0.1, -0.05) is 0 Å². The third-order valence-electron chi connectivity index (χ3n) is 2.41. The van der Waals surface area contributed by atoms with E-state index in [-0.39, 0.29) is 0 Å². The quantitative estimate of drug-likeness (QED) is 0.622. The standard InChI is InChI=1S/C9H6F8/c1-2(9(15,16)17)3-4(10)6(12)8(14)7(13)5(3)11/h2,4,6H,1H3. The van der Waals surface area contributed by atoms with Gasteiger partial charge in [0.2, 0.25) is 0 Å².